The molecule has 19 heavy (non-hydrogen) atoms. The molecule has 0 saturated carbocycles. The monoisotopic (exact) mass is 291 g/mol. The molecule has 0 heterocycles. The van der Waals surface area contributed by atoms with Gasteiger partial charge in [-0.25, -0.2) is 9.59 Å². The summed E-state index contributed by atoms with van der Waals surface area (Å²) >= 11 is 4.10. The lowest BCUT2D eigenvalue weighted by molar-refractivity contribution is -0.159. The van der Waals surface area contributed by atoms with Crippen LogP contribution in [0.25, 0.3) is 0 Å². The van der Waals surface area contributed by atoms with Crippen molar-refractivity contribution in [3.63, 3.8) is 0 Å². The third-order valence-corrected chi connectivity index (χ3v) is 2.35. The third kappa shape index (κ3) is 7.30. The summed E-state index contributed by atoms with van der Waals surface area (Å²) in [4.78, 5) is 25.1. The van der Waals surface area contributed by atoms with Crippen LogP contribution >= 0.6 is 12.6 Å². The molecule has 0 aromatic heterocycles. The number of ether oxygens (including phenoxy) is 2. The Labute approximate surface area is 121 Å². The maximum absolute atomic E-state index is 12.0. The lowest BCUT2D eigenvalue weighted by Crippen LogP contribution is -2.48. The normalized spacial score (nSPS) is 13.7. The summed E-state index contributed by atoms with van der Waals surface area (Å²) in [5.41, 5.74) is -1.21. The molecule has 0 radical (unpaired) electrons. The molecule has 0 aliphatic rings. The van der Waals surface area contributed by atoms with E-state index in [0.717, 1.165) is 0 Å². The van der Waals surface area contributed by atoms with Crippen molar-refractivity contribution in [1.82, 2.24) is 4.90 Å². The largest absolute Gasteiger partial charge is 0.458 e. The van der Waals surface area contributed by atoms with Gasteiger partial charge in [0.25, 0.3) is 0 Å². The first-order chi connectivity index (χ1) is 8.37. The number of carbonyl (C=O) groups excluding carboxylic acids is 2. The number of carbonyl (C=O) groups is 2. The van der Waals surface area contributed by atoms with Gasteiger partial charge in [0.1, 0.15) is 17.2 Å². The summed E-state index contributed by atoms with van der Waals surface area (Å²) in [5.74, 6) is -0.319. The van der Waals surface area contributed by atoms with Gasteiger partial charge in [-0.3, -0.25) is 4.90 Å². The molecule has 0 fully saturated rings. The van der Waals surface area contributed by atoms with Crippen LogP contribution < -0.4 is 0 Å². The predicted octanol–water partition coefficient (Wildman–Crippen LogP) is 2.49. The topological polar surface area (TPSA) is 55.8 Å². The number of hydrogen-bond acceptors (Lipinski definition) is 5. The predicted molar refractivity (Wildman–Crippen MR) is 77.5 cm³/mol. The molecular formula is C13H25NO4S. The number of thiol groups is 1. The quantitative estimate of drug-likeness (QED) is 0.641. The van der Waals surface area contributed by atoms with E-state index in [2.05, 4.69) is 12.6 Å². The highest BCUT2D eigenvalue weighted by Crippen LogP contribution is 2.15. The maximum atomic E-state index is 12.0. The Morgan fingerprint density at radius 3 is 1.79 bits per heavy atom. The van der Waals surface area contributed by atoms with Crippen molar-refractivity contribution in [2.45, 2.75) is 58.8 Å². The summed E-state index contributed by atoms with van der Waals surface area (Å²) in [6, 6.07) is -0.766. The second kappa shape index (κ2) is 6.50. The molecule has 0 aromatic carbocycles. The van der Waals surface area contributed by atoms with Crippen molar-refractivity contribution in [2.24, 2.45) is 0 Å². The Morgan fingerprint density at radius 2 is 1.47 bits per heavy atom. The zero-order valence-electron chi connectivity index (χ0n) is 12.8. The summed E-state index contributed by atoms with van der Waals surface area (Å²) < 4.78 is 10.5. The molecule has 5 nitrogen and oxygen atoms in total. The number of esters is 1. The summed E-state index contributed by atoms with van der Waals surface area (Å²) in [5, 5.41) is 0. The van der Waals surface area contributed by atoms with Gasteiger partial charge in [-0.05, 0) is 41.5 Å². The van der Waals surface area contributed by atoms with Gasteiger partial charge in [0.15, 0.2) is 0 Å². The summed E-state index contributed by atoms with van der Waals surface area (Å²) in [7, 11) is 1.50. The molecule has 0 N–H and O–H groups in total. The van der Waals surface area contributed by atoms with Crippen LogP contribution in [0.15, 0.2) is 0 Å². The Balaban J connectivity index is 4.77. The van der Waals surface area contributed by atoms with E-state index in [1.807, 2.05) is 0 Å². The fourth-order valence-electron chi connectivity index (χ4n) is 1.19. The highest BCUT2D eigenvalue weighted by Gasteiger charge is 2.32. The molecular weight excluding hydrogens is 266 g/mol. The Hall–Kier alpha value is -0.910. The van der Waals surface area contributed by atoms with Gasteiger partial charge in [0, 0.05) is 12.8 Å². The van der Waals surface area contributed by atoms with E-state index in [-0.39, 0.29) is 5.75 Å². The van der Waals surface area contributed by atoms with E-state index in [4.69, 9.17) is 9.47 Å². The highest BCUT2D eigenvalue weighted by atomic mass is 32.1. The Kier molecular flexibility index (Phi) is 6.19. The average molecular weight is 291 g/mol. The lowest BCUT2D eigenvalue weighted by atomic mass is 10.2. The molecule has 0 aromatic rings. The van der Waals surface area contributed by atoms with Gasteiger partial charge in [-0.2, -0.15) is 12.6 Å². The summed E-state index contributed by atoms with van der Waals surface area (Å²) in [6.07, 6.45) is -0.572. The van der Waals surface area contributed by atoms with Crippen molar-refractivity contribution in [1.29, 1.82) is 0 Å². The fraction of sp³-hybridized carbons (Fsp3) is 0.846. The third-order valence-electron chi connectivity index (χ3n) is 2.00. The number of amides is 1. The van der Waals surface area contributed by atoms with Crippen molar-refractivity contribution >= 4 is 24.7 Å². The van der Waals surface area contributed by atoms with E-state index in [1.54, 1.807) is 41.5 Å². The molecule has 6 heteroatoms. The molecule has 0 bridgehead atoms. The fourth-order valence-corrected chi connectivity index (χ4v) is 1.58. The maximum Gasteiger partial charge on any atom is 0.410 e. The van der Waals surface area contributed by atoms with E-state index in [9.17, 15) is 9.59 Å². The smallest absolute Gasteiger partial charge is 0.410 e. The Bertz CT molecular complexity index is 331. The standard InChI is InChI=1S/C13H25NO4S/c1-12(2,3)17-10(15)9(8-19)14(7)11(16)18-13(4,5)6/h9,19H,8H2,1-7H3/t9-/m1/s1. The second-order valence-corrected chi connectivity index (χ2v) is 6.69. The minimum absolute atomic E-state index is 0.171. The van der Waals surface area contributed by atoms with Crippen molar-refractivity contribution in [3.8, 4) is 0 Å². The molecule has 0 saturated heterocycles. The van der Waals surface area contributed by atoms with Crippen LogP contribution in [0.1, 0.15) is 41.5 Å². The van der Waals surface area contributed by atoms with Crippen LogP contribution in [0, 0.1) is 0 Å². The minimum atomic E-state index is -0.766. The molecule has 1 amide bonds. The van der Waals surface area contributed by atoms with Crippen molar-refractivity contribution in [3.05, 3.63) is 0 Å². The second-order valence-electron chi connectivity index (χ2n) is 6.32. The minimum Gasteiger partial charge on any atom is -0.458 e. The molecule has 0 aliphatic carbocycles. The zero-order chi connectivity index (χ0) is 15.4. The highest BCUT2D eigenvalue weighted by molar-refractivity contribution is 7.80. The van der Waals surface area contributed by atoms with E-state index >= 15 is 0 Å². The molecule has 0 rings (SSSR count). The SMILES string of the molecule is CN(C(=O)OC(C)(C)C)[C@H](CS)C(=O)OC(C)(C)C. The number of likely N-dealkylation sites (N-methyl/N-ethyl adjacent to an activating group) is 1. The van der Waals surface area contributed by atoms with Crippen LogP contribution in [0.2, 0.25) is 0 Å². The molecule has 112 valence electrons. The van der Waals surface area contributed by atoms with Gasteiger partial charge in [0.05, 0.1) is 0 Å². The number of nitrogens with zero attached hydrogens (tertiary/aromatic N) is 1. The van der Waals surface area contributed by atoms with Crippen LogP contribution in [0.3, 0.4) is 0 Å². The number of rotatable bonds is 3. The van der Waals surface area contributed by atoms with Crippen LogP contribution in [0.4, 0.5) is 4.79 Å². The first kappa shape index (κ1) is 18.1. The van der Waals surface area contributed by atoms with Gasteiger partial charge < -0.3 is 9.47 Å². The van der Waals surface area contributed by atoms with Crippen molar-refractivity contribution < 1.29 is 19.1 Å². The van der Waals surface area contributed by atoms with Crippen molar-refractivity contribution in [2.75, 3.05) is 12.8 Å². The Morgan fingerprint density at radius 1 is 1.05 bits per heavy atom. The number of hydrogen-bond donors (Lipinski definition) is 1. The first-order valence-electron chi connectivity index (χ1n) is 6.17. The van der Waals surface area contributed by atoms with Crippen LogP contribution in [0.5, 0.6) is 0 Å². The average Bonchev–Trinajstić information content (AvgIpc) is 2.12. The van der Waals surface area contributed by atoms with Crippen LogP contribution in [-0.4, -0.2) is 47.0 Å². The van der Waals surface area contributed by atoms with E-state index in [0.29, 0.717) is 0 Å². The lowest BCUT2D eigenvalue weighted by Gasteiger charge is -2.30. The molecule has 0 spiro atoms. The molecule has 0 unspecified atom stereocenters. The van der Waals surface area contributed by atoms with Crippen LogP contribution in [-0.2, 0) is 14.3 Å². The molecule has 0 aliphatic heterocycles. The summed E-state index contributed by atoms with van der Waals surface area (Å²) in [6.45, 7) is 10.6. The zero-order valence-corrected chi connectivity index (χ0v) is 13.7. The van der Waals surface area contributed by atoms with Gasteiger partial charge in [-0.15, -0.1) is 0 Å². The van der Waals surface area contributed by atoms with E-state index < -0.39 is 29.3 Å². The van der Waals surface area contributed by atoms with Gasteiger partial charge in [0.2, 0.25) is 0 Å². The first-order valence-corrected chi connectivity index (χ1v) is 6.80. The van der Waals surface area contributed by atoms with E-state index in [1.165, 1.54) is 11.9 Å². The molecule has 1 atom stereocenters. The van der Waals surface area contributed by atoms with Gasteiger partial charge in [-0.1, -0.05) is 0 Å². The van der Waals surface area contributed by atoms with Gasteiger partial charge >= 0.3 is 12.1 Å².